The number of hydrogen-bond donors (Lipinski definition) is 1. The first-order valence-corrected chi connectivity index (χ1v) is 5.40. The highest BCUT2D eigenvalue weighted by molar-refractivity contribution is 5.56. The Kier molecular flexibility index (Phi) is 5.69. The summed E-state index contributed by atoms with van der Waals surface area (Å²) in [6, 6.07) is 6.63. The Bertz CT molecular complexity index is 334. The van der Waals surface area contributed by atoms with Gasteiger partial charge >= 0.3 is 6.61 Å². The van der Waals surface area contributed by atoms with Crippen molar-refractivity contribution in [1.29, 1.82) is 0 Å². The molecule has 1 aromatic rings. The van der Waals surface area contributed by atoms with E-state index in [-0.39, 0.29) is 5.75 Å². The van der Waals surface area contributed by atoms with Gasteiger partial charge < -0.3 is 14.8 Å². The van der Waals surface area contributed by atoms with Crippen LogP contribution >= 0.6 is 0 Å². The van der Waals surface area contributed by atoms with Crippen LogP contribution in [0.2, 0.25) is 0 Å². The lowest BCUT2D eigenvalue weighted by Crippen LogP contribution is -2.16. The second kappa shape index (κ2) is 7.06. The third-order valence-corrected chi connectivity index (χ3v) is 2.20. The topological polar surface area (TPSA) is 30.5 Å². The molecule has 0 aliphatic carbocycles. The van der Waals surface area contributed by atoms with Crippen molar-refractivity contribution < 1.29 is 18.3 Å². The van der Waals surface area contributed by atoms with Crippen LogP contribution < -0.4 is 10.1 Å². The molecule has 0 spiro atoms. The van der Waals surface area contributed by atoms with E-state index in [1.807, 2.05) is 6.92 Å². The maximum atomic E-state index is 12.2. The number of rotatable bonds is 7. The van der Waals surface area contributed by atoms with Crippen LogP contribution in [-0.4, -0.2) is 26.9 Å². The minimum Gasteiger partial charge on any atom is -0.433 e. The number of methoxy groups -OCH3 is 1. The molecule has 0 fully saturated rings. The zero-order valence-electron chi connectivity index (χ0n) is 9.95. The highest BCUT2D eigenvalue weighted by Gasteiger charge is 2.09. The summed E-state index contributed by atoms with van der Waals surface area (Å²) in [5.41, 5.74) is 0.566. The van der Waals surface area contributed by atoms with Crippen molar-refractivity contribution in [2.45, 2.75) is 13.5 Å². The second-order valence-corrected chi connectivity index (χ2v) is 3.82. The van der Waals surface area contributed by atoms with Gasteiger partial charge in [-0.15, -0.1) is 0 Å². The molecule has 1 N–H and O–H groups in total. The minimum absolute atomic E-state index is 0.159. The van der Waals surface area contributed by atoms with Crippen LogP contribution in [0.3, 0.4) is 0 Å². The Hall–Kier alpha value is -1.36. The van der Waals surface area contributed by atoms with Gasteiger partial charge in [0.05, 0.1) is 12.3 Å². The van der Waals surface area contributed by atoms with E-state index in [4.69, 9.17) is 4.74 Å². The number of hydrogen-bond acceptors (Lipinski definition) is 3. The van der Waals surface area contributed by atoms with E-state index in [9.17, 15) is 8.78 Å². The van der Waals surface area contributed by atoms with Crippen molar-refractivity contribution in [2.24, 2.45) is 5.92 Å². The molecule has 1 aromatic carbocycles. The molecule has 0 aliphatic heterocycles. The van der Waals surface area contributed by atoms with E-state index >= 15 is 0 Å². The molecule has 96 valence electrons. The first kappa shape index (κ1) is 13.7. The fourth-order valence-electron chi connectivity index (χ4n) is 1.44. The van der Waals surface area contributed by atoms with Crippen molar-refractivity contribution in [2.75, 3.05) is 25.6 Å². The van der Waals surface area contributed by atoms with Crippen LogP contribution in [0.25, 0.3) is 0 Å². The molecule has 0 saturated carbocycles. The molecule has 0 bridgehead atoms. The molecule has 0 amide bonds. The highest BCUT2D eigenvalue weighted by atomic mass is 19.3. The number of anilines is 1. The summed E-state index contributed by atoms with van der Waals surface area (Å²) in [4.78, 5) is 0. The third kappa shape index (κ3) is 4.99. The van der Waals surface area contributed by atoms with Gasteiger partial charge in [0.2, 0.25) is 0 Å². The van der Waals surface area contributed by atoms with Crippen LogP contribution in [0, 0.1) is 5.92 Å². The average molecular weight is 245 g/mol. The predicted molar refractivity (Wildman–Crippen MR) is 62.6 cm³/mol. The van der Waals surface area contributed by atoms with Crippen molar-refractivity contribution >= 4 is 5.69 Å². The van der Waals surface area contributed by atoms with Crippen LogP contribution in [0.15, 0.2) is 24.3 Å². The van der Waals surface area contributed by atoms with E-state index in [0.717, 1.165) is 0 Å². The summed E-state index contributed by atoms with van der Waals surface area (Å²) in [5, 5.41) is 3.06. The molecule has 1 unspecified atom stereocenters. The van der Waals surface area contributed by atoms with Gasteiger partial charge in [-0.25, -0.2) is 0 Å². The Balaban J connectivity index is 2.57. The Morgan fingerprint density at radius 1 is 1.29 bits per heavy atom. The van der Waals surface area contributed by atoms with Crippen molar-refractivity contribution in [3.63, 3.8) is 0 Å². The zero-order valence-corrected chi connectivity index (χ0v) is 9.95. The molecule has 0 saturated heterocycles. The molecular weight excluding hydrogens is 228 g/mol. The van der Waals surface area contributed by atoms with E-state index in [0.29, 0.717) is 24.8 Å². The van der Waals surface area contributed by atoms with Gasteiger partial charge in [-0.3, -0.25) is 0 Å². The first-order valence-electron chi connectivity index (χ1n) is 5.40. The molecule has 0 radical (unpaired) electrons. The normalized spacial score (nSPS) is 12.5. The van der Waals surface area contributed by atoms with Gasteiger partial charge in [0.15, 0.2) is 0 Å². The van der Waals surface area contributed by atoms with Crippen LogP contribution in [0.1, 0.15) is 6.92 Å². The summed E-state index contributed by atoms with van der Waals surface area (Å²) < 4.78 is 33.7. The Morgan fingerprint density at radius 2 is 2.00 bits per heavy atom. The Morgan fingerprint density at radius 3 is 2.65 bits per heavy atom. The van der Waals surface area contributed by atoms with Gasteiger partial charge in [0.25, 0.3) is 0 Å². The molecule has 17 heavy (non-hydrogen) atoms. The molecule has 5 heteroatoms. The van der Waals surface area contributed by atoms with E-state index < -0.39 is 6.61 Å². The summed E-state index contributed by atoms with van der Waals surface area (Å²) in [6.45, 7) is 0.449. The molecule has 0 aromatic heterocycles. The fourth-order valence-corrected chi connectivity index (χ4v) is 1.44. The largest absolute Gasteiger partial charge is 0.433 e. The summed E-state index contributed by atoms with van der Waals surface area (Å²) >= 11 is 0. The quantitative estimate of drug-likeness (QED) is 0.801. The van der Waals surface area contributed by atoms with E-state index in [1.54, 1.807) is 25.3 Å². The number of para-hydroxylation sites is 2. The minimum atomic E-state index is -2.81. The maximum absolute atomic E-state index is 12.2. The van der Waals surface area contributed by atoms with Gasteiger partial charge in [0.1, 0.15) is 5.75 Å². The standard InChI is InChI=1S/C12H17F2NO2/c1-9(8-16-2)7-15-10-5-3-4-6-11(10)17-12(13)14/h3-6,9,12,15H,7-8H2,1-2H3. The Labute approximate surface area is 99.7 Å². The van der Waals surface area contributed by atoms with E-state index in [2.05, 4.69) is 10.1 Å². The summed E-state index contributed by atoms with van der Waals surface area (Å²) in [7, 11) is 1.63. The van der Waals surface area contributed by atoms with Crippen LogP contribution in [0.5, 0.6) is 5.75 Å². The first-order chi connectivity index (χ1) is 8.13. The lowest BCUT2D eigenvalue weighted by molar-refractivity contribution is -0.0493. The summed E-state index contributed by atoms with van der Waals surface area (Å²) in [5.74, 6) is 0.451. The SMILES string of the molecule is COCC(C)CNc1ccccc1OC(F)F. The smallest absolute Gasteiger partial charge is 0.387 e. The maximum Gasteiger partial charge on any atom is 0.387 e. The lowest BCUT2D eigenvalue weighted by Gasteiger charge is -2.15. The molecule has 0 aliphatic rings. The predicted octanol–water partition coefficient (Wildman–Crippen LogP) is 2.98. The zero-order chi connectivity index (χ0) is 12.7. The van der Waals surface area contributed by atoms with Crippen molar-refractivity contribution in [1.82, 2.24) is 0 Å². The average Bonchev–Trinajstić information content (AvgIpc) is 2.27. The third-order valence-electron chi connectivity index (χ3n) is 2.20. The van der Waals surface area contributed by atoms with Gasteiger partial charge in [-0.1, -0.05) is 19.1 Å². The highest BCUT2D eigenvalue weighted by Crippen LogP contribution is 2.25. The number of nitrogens with one attached hydrogen (secondary N) is 1. The molecular formula is C12H17F2NO2. The lowest BCUT2D eigenvalue weighted by atomic mass is 10.2. The van der Waals surface area contributed by atoms with Crippen LogP contribution in [-0.2, 0) is 4.74 Å². The number of halogens is 2. The van der Waals surface area contributed by atoms with Crippen molar-refractivity contribution in [3.05, 3.63) is 24.3 Å². The van der Waals surface area contributed by atoms with Gasteiger partial charge in [-0.2, -0.15) is 8.78 Å². The van der Waals surface area contributed by atoms with Crippen LogP contribution in [0.4, 0.5) is 14.5 Å². The van der Waals surface area contributed by atoms with E-state index in [1.165, 1.54) is 6.07 Å². The molecule has 0 heterocycles. The molecule has 1 atom stereocenters. The monoisotopic (exact) mass is 245 g/mol. The van der Waals surface area contributed by atoms with Gasteiger partial charge in [0, 0.05) is 13.7 Å². The van der Waals surface area contributed by atoms with Gasteiger partial charge in [-0.05, 0) is 18.1 Å². The molecule has 3 nitrogen and oxygen atoms in total. The molecule has 1 rings (SSSR count). The number of benzene rings is 1. The summed E-state index contributed by atoms with van der Waals surface area (Å²) in [6.07, 6.45) is 0. The van der Waals surface area contributed by atoms with Crippen molar-refractivity contribution in [3.8, 4) is 5.75 Å². The number of ether oxygens (including phenoxy) is 2. The second-order valence-electron chi connectivity index (χ2n) is 3.82. The fraction of sp³-hybridized carbons (Fsp3) is 0.500. The number of alkyl halides is 2.